The molecule has 1 fully saturated rings. The summed E-state index contributed by atoms with van der Waals surface area (Å²) in [5.74, 6) is 0.924. The topological polar surface area (TPSA) is 12.0 Å². The van der Waals surface area contributed by atoms with Crippen molar-refractivity contribution in [2.45, 2.75) is 53.9 Å². The predicted octanol–water partition coefficient (Wildman–Crippen LogP) is 3.45. The van der Waals surface area contributed by atoms with Crippen molar-refractivity contribution in [2.75, 3.05) is 13.1 Å². The smallest absolute Gasteiger partial charge is 0.00176 e. The number of nitrogens with one attached hydrogen (secondary N) is 1. The van der Waals surface area contributed by atoms with Crippen molar-refractivity contribution in [3.63, 3.8) is 0 Å². The Morgan fingerprint density at radius 2 is 1.85 bits per heavy atom. The van der Waals surface area contributed by atoms with Crippen LogP contribution >= 0.6 is 0 Å². The van der Waals surface area contributed by atoms with Crippen LogP contribution in [0.2, 0.25) is 0 Å². The summed E-state index contributed by atoms with van der Waals surface area (Å²) in [7, 11) is 0. The molecule has 0 spiro atoms. The summed E-state index contributed by atoms with van der Waals surface area (Å²) in [4.78, 5) is 0. The molecule has 0 radical (unpaired) electrons. The van der Waals surface area contributed by atoms with Crippen LogP contribution in [0.4, 0.5) is 0 Å². The molecule has 0 amide bonds. The van der Waals surface area contributed by atoms with Crippen molar-refractivity contribution < 1.29 is 0 Å². The van der Waals surface area contributed by atoms with Crippen molar-refractivity contribution in [3.05, 3.63) is 0 Å². The van der Waals surface area contributed by atoms with E-state index in [1.807, 2.05) is 13.8 Å². The van der Waals surface area contributed by atoms with Gasteiger partial charge >= 0.3 is 0 Å². The Hall–Kier alpha value is -0.0400. The number of hydrogen-bond acceptors (Lipinski definition) is 1. The summed E-state index contributed by atoms with van der Waals surface area (Å²) < 4.78 is 0. The van der Waals surface area contributed by atoms with Crippen LogP contribution in [0.5, 0.6) is 0 Å². The first-order chi connectivity index (χ1) is 6.16. The molecule has 1 aliphatic rings. The molecule has 1 heterocycles. The van der Waals surface area contributed by atoms with Crippen LogP contribution in [0.3, 0.4) is 0 Å². The van der Waals surface area contributed by atoms with Gasteiger partial charge in [0.1, 0.15) is 0 Å². The highest BCUT2D eigenvalue weighted by Gasteiger charge is 2.30. The van der Waals surface area contributed by atoms with Gasteiger partial charge in [-0.3, -0.25) is 0 Å². The van der Waals surface area contributed by atoms with Crippen LogP contribution in [-0.4, -0.2) is 13.1 Å². The average Bonchev–Trinajstić information content (AvgIpc) is 2.14. The van der Waals surface area contributed by atoms with Gasteiger partial charge in [0, 0.05) is 13.1 Å². The van der Waals surface area contributed by atoms with Gasteiger partial charge in [-0.05, 0) is 17.8 Å². The van der Waals surface area contributed by atoms with Gasteiger partial charge < -0.3 is 5.32 Å². The summed E-state index contributed by atoms with van der Waals surface area (Å²) in [5.41, 5.74) is 0.642. The minimum Gasteiger partial charge on any atom is -0.316 e. The van der Waals surface area contributed by atoms with Crippen molar-refractivity contribution >= 4 is 0 Å². The van der Waals surface area contributed by atoms with Gasteiger partial charge in [-0.15, -0.1) is 0 Å². The van der Waals surface area contributed by atoms with E-state index in [2.05, 4.69) is 26.1 Å². The summed E-state index contributed by atoms with van der Waals surface area (Å²) in [6, 6.07) is 0. The molecule has 0 saturated carbocycles. The largest absolute Gasteiger partial charge is 0.316 e. The molecule has 0 aromatic heterocycles. The Labute approximate surface area is 84.3 Å². The maximum Gasteiger partial charge on any atom is 0.00176 e. The van der Waals surface area contributed by atoms with Gasteiger partial charge in [0.2, 0.25) is 0 Å². The molecular formula is C12H27N. The molecule has 1 atom stereocenters. The molecule has 1 nitrogen and oxygen atoms in total. The Balaban J connectivity index is 0.000000671. The van der Waals surface area contributed by atoms with E-state index in [0.29, 0.717) is 5.41 Å². The third kappa shape index (κ3) is 4.66. The van der Waals surface area contributed by atoms with Gasteiger partial charge in [-0.1, -0.05) is 47.5 Å². The number of rotatable bonds is 4. The lowest BCUT2D eigenvalue weighted by Gasteiger charge is -2.40. The molecule has 0 aliphatic carbocycles. The lowest BCUT2D eigenvalue weighted by Crippen LogP contribution is -2.51. The molecule has 80 valence electrons. The lowest BCUT2D eigenvalue weighted by atomic mass is 9.78. The van der Waals surface area contributed by atoms with Crippen molar-refractivity contribution in [1.29, 1.82) is 0 Å². The van der Waals surface area contributed by atoms with Crippen LogP contribution in [0.25, 0.3) is 0 Å². The fraction of sp³-hybridized carbons (Fsp3) is 1.00. The van der Waals surface area contributed by atoms with E-state index >= 15 is 0 Å². The average molecular weight is 185 g/mol. The van der Waals surface area contributed by atoms with Crippen molar-refractivity contribution in [2.24, 2.45) is 11.3 Å². The van der Waals surface area contributed by atoms with E-state index in [-0.39, 0.29) is 0 Å². The standard InChI is InChI=1S/C10H21N.C2H6/c1-4-9(2)5-6-10(3)7-11-8-10;1-2/h9,11H,4-8H2,1-3H3;1-2H3. The van der Waals surface area contributed by atoms with E-state index in [1.54, 1.807) is 0 Å². The second-order valence-electron chi connectivity index (χ2n) is 4.47. The van der Waals surface area contributed by atoms with Crippen LogP contribution in [0.15, 0.2) is 0 Å². The molecule has 0 aromatic carbocycles. The third-order valence-corrected chi connectivity index (χ3v) is 3.04. The summed E-state index contributed by atoms with van der Waals surface area (Å²) in [6.45, 7) is 13.5. The Bertz CT molecular complexity index is 116. The summed E-state index contributed by atoms with van der Waals surface area (Å²) in [5, 5.41) is 3.34. The van der Waals surface area contributed by atoms with Gasteiger partial charge in [-0.25, -0.2) is 0 Å². The normalized spacial score (nSPS) is 21.0. The van der Waals surface area contributed by atoms with E-state index in [4.69, 9.17) is 0 Å². The Kier molecular flexibility index (Phi) is 6.40. The fourth-order valence-electron chi connectivity index (χ4n) is 1.53. The second-order valence-corrected chi connectivity index (χ2v) is 4.47. The maximum atomic E-state index is 3.34. The van der Waals surface area contributed by atoms with Gasteiger partial charge in [0.15, 0.2) is 0 Å². The molecular weight excluding hydrogens is 158 g/mol. The monoisotopic (exact) mass is 185 g/mol. The minimum absolute atomic E-state index is 0.642. The van der Waals surface area contributed by atoms with Crippen LogP contribution in [0.1, 0.15) is 53.9 Å². The maximum absolute atomic E-state index is 3.34. The zero-order valence-corrected chi connectivity index (χ0v) is 10.1. The SMILES string of the molecule is CC.CCC(C)CCC1(C)CNC1. The van der Waals surface area contributed by atoms with Crippen LogP contribution < -0.4 is 5.32 Å². The van der Waals surface area contributed by atoms with Gasteiger partial charge in [0.25, 0.3) is 0 Å². The first kappa shape index (κ1) is 13.0. The van der Waals surface area contributed by atoms with Crippen LogP contribution in [0, 0.1) is 11.3 Å². The summed E-state index contributed by atoms with van der Waals surface area (Å²) >= 11 is 0. The molecule has 13 heavy (non-hydrogen) atoms. The minimum atomic E-state index is 0.642. The van der Waals surface area contributed by atoms with E-state index in [1.165, 1.54) is 32.4 Å². The van der Waals surface area contributed by atoms with Crippen molar-refractivity contribution in [3.8, 4) is 0 Å². The first-order valence-corrected chi connectivity index (χ1v) is 5.87. The summed E-state index contributed by atoms with van der Waals surface area (Å²) in [6.07, 6.45) is 4.16. The Morgan fingerprint density at radius 3 is 2.15 bits per heavy atom. The molecule has 1 N–H and O–H groups in total. The van der Waals surface area contributed by atoms with Gasteiger partial charge in [-0.2, -0.15) is 0 Å². The van der Waals surface area contributed by atoms with E-state index in [9.17, 15) is 0 Å². The molecule has 1 rings (SSSR count). The van der Waals surface area contributed by atoms with Crippen LogP contribution in [-0.2, 0) is 0 Å². The molecule has 1 heteroatoms. The molecule has 0 aromatic rings. The van der Waals surface area contributed by atoms with Gasteiger partial charge in [0.05, 0.1) is 0 Å². The fourth-order valence-corrected chi connectivity index (χ4v) is 1.53. The Morgan fingerprint density at radius 1 is 1.31 bits per heavy atom. The zero-order chi connectivity index (χ0) is 10.3. The molecule has 1 aliphatic heterocycles. The predicted molar refractivity (Wildman–Crippen MR) is 61.0 cm³/mol. The highest BCUT2D eigenvalue weighted by atomic mass is 15.0. The quantitative estimate of drug-likeness (QED) is 0.707. The van der Waals surface area contributed by atoms with E-state index in [0.717, 1.165) is 5.92 Å². The molecule has 0 bridgehead atoms. The molecule has 1 saturated heterocycles. The number of hydrogen-bond donors (Lipinski definition) is 1. The third-order valence-electron chi connectivity index (χ3n) is 3.04. The van der Waals surface area contributed by atoms with E-state index < -0.39 is 0 Å². The lowest BCUT2D eigenvalue weighted by molar-refractivity contribution is 0.165. The highest BCUT2D eigenvalue weighted by molar-refractivity contribution is 4.87. The second kappa shape index (κ2) is 6.42. The first-order valence-electron chi connectivity index (χ1n) is 5.87. The highest BCUT2D eigenvalue weighted by Crippen LogP contribution is 2.29. The van der Waals surface area contributed by atoms with Crippen molar-refractivity contribution in [1.82, 2.24) is 5.32 Å². The zero-order valence-electron chi connectivity index (χ0n) is 10.1. The molecule has 1 unspecified atom stereocenters.